The van der Waals surface area contributed by atoms with E-state index in [0.717, 1.165) is 24.3 Å². The number of thioether (sulfide) groups is 1. The van der Waals surface area contributed by atoms with Gasteiger partial charge in [-0.2, -0.15) is 11.8 Å². The highest BCUT2D eigenvalue weighted by molar-refractivity contribution is 8.00. The fourth-order valence-corrected chi connectivity index (χ4v) is 3.84. The summed E-state index contributed by atoms with van der Waals surface area (Å²) in [6.45, 7) is 4.33. The smallest absolute Gasteiger partial charge is 0.332 e. The zero-order valence-electron chi connectivity index (χ0n) is 11.8. The van der Waals surface area contributed by atoms with Gasteiger partial charge in [0.05, 0.1) is 6.61 Å². The van der Waals surface area contributed by atoms with Crippen molar-refractivity contribution < 1.29 is 9.53 Å². The summed E-state index contributed by atoms with van der Waals surface area (Å²) in [5.41, 5.74) is 0.254. The molecule has 2 rings (SSSR count). The predicted octanol–water partition coefficient (Wildman–Crippen LogP) is 3.97. The second-order valence-electron chi connectivity index (χ2n) is 4.94. The van der Waals surface area contributed by atoms with Crippen molar-refractivity contribution in [2.45, 2.75) is 37.5 Å². The van der Waals surface area contributed by atoms with Gasteiger partial charge in [-0.15, -0.1) is 0 Å². The van der Waals surface area contributed by atoms with Gasteiger partial charge in [-0.3, -0.25) is 0 Å². The zero-order valence-corrected chi connectivity index (χ0v) is 13.4. The van der Waals surface area contributed by atoms with Crippen LogP contribution >= 0.6 is 23.4 Å². The first-order valence-corrected chi connectivity index (χ1v) is 8.34. The Morgan fingerprint density at radius 1 is 1.50 bits per heavy atom. The second kappa shape index (κ2) is 6.72. The maximum absolute atomic E-state index is 12.5. The Morgan fingerprint density at radius 3 is 2.80 bits per heavy atom. The Hall–Kier alpha value is -0.870. The molecule has 0 spiro atoms. The Labute approximate surface area is 129 Å². The summed E-state index contributed by atoms with van der Waals surface area (Å²) in [7, 11) is 0. The van der Waals surface area contributed by atoms with Gasteiger partial charge in [0.1, 0.15) is 5.54 Å². The third kappa shape index (κ3) is 3.23. The first kappa shape index (κ1) is 15.5. The molecule has 2 atom stereocenters. The van der Waals surface area contributed by atoms with Crippen LogP contribution in [0.3, 0.4) is 0 Å². The lowest BCUT2D eigenvalue weighted by atomic mass is 9.89. The highest BCUT2D eigenvalue weighted by atomic mass is 35.5. The third-order valence-corrected chi connectivity index (χ3v) is 5.31. The predicted molar refractivity (Wildman–Crippen MR) is 85.6 cm³/mol. The summed E-state index contributed by atoms with van der Waals surface area (Å²) in [6.07, 6.45) is 1.80. The third-order valence-electron chi connectivity index (χ3n) is 3.63. The number of hydrogen-bond donors (Lipinski definition) is 1. The number of ether oxygens (including phenoxy) is 1. The monoisotopic (exact) mass is 313 g/mol. The normalized spacial score (nSPS) is 26.1. The van der Waals surface area contributed by atoms with Crippen LogP contribution in [-0.2, 0) is 9.53 Å². The summed E-state index contributed by atoms with van der Waals surface area (Å²) in [4.78, 5) is 12.5. The molecule has 0 amide bonds. The highest BCUT2D eigenvalue weighted by Crippen LogP contribution is 2.37. The lowest BCUT2D eigenvalue weighted by molar-refractivity contribution is -0.148. The van der Waals surface area contributed by atoms with Gasteiger partial charge >= 0.3 is 5.97 Å². The van der Waals surface area contributed by atoms with Crippen molar-refractivity contribution in [3.8, 4) is 0 Å². The van der Waals surface area contributed by atoms with Crippen molar-refractivity contribution in [1.29, 1.82) is 0 Å². The molecule has 1 aliphatic rings. The number of benzene rings is 1. The molecule has 1 aromatic rings. The van der Waals surface area contributed by atoms with Crippen LogP contribution in [0.25, 0.3) is 0 Å². The van der Waals surface area contributed by atoms with Gasteiger partial charge in [-0.25, -0.2) is 4.79 Å². The van der Waals surface area contributed by atoms with E-state index < -0.39 is 5.54 Å². The highest BCUT2D eigenvalue weighted by Gasteiger charge is 2.46. The lowest BCUT2D eigenvalue weighted by Gasteiger charge is -2.41. The van der Waals surface area contributed by atoms with Crippen molar-refractivity contribution in [2.24, 2.45) is 0 Å². The molecule has 0 saturated carbocycles. The topological polar surface area (TPSA) is 38.3 Å². The minimum atomic E-state index is -0.646. The van der Waals surface area contributed by atoms with Crippen molar-refractivity contribution >= 4 is 35.0 Å². The zero-order chi connectivity index (χ0) is 14.6. The molecule has 5 heteroatoms. The van der Waals surface area contributed by atoms with Gasteiger partial charge in [-0.05, 0) is 49.8 Å². The van der Waals surface area contributed by atoms with Crippen LogP contribution in [0.15, 0.2) is 24.3 Å². The minimum Gasteiger partial charge on any atom is -0.464 e. The van der Waals surface area contributed by atoms with E-state index in [9.17, 15) is 4.79 Å². The Kier molecular flexibility index (Phi) is 5.22. The van der Waals surface area contributed by atoms with Crippen LogP contribution < -0.4 is 5.32 Å². The molecule has 3 nitrogen and oxygen atoms in total. The molecule has 2 unspecified atom stereocenters. The maximum atomic E-state index is 12.5. The van der Waals surface area contributed by atoms with E-state index in [1.54, 1.807) is 0 Å². The average molecular weight is 314 g/mol. The molecule has 1 N–H and O–H groups in total. The first-order chi connectivity index (χ1) is 9.58. The van der Waals surface area contributed by atoms with Gasteiger partial charge in [0.2, 0.25) is 0 Å². The Morgan fingerprint density at radius 2 is 2.20 bits per heavy atom. The SMILES string of the molecule is CCOC(=O)C1(Nc2ccc(Cl)cc2)CCCSC1C. The second-order valence-corrected chi connectivity index (χ2v) is 6.83. The molecule has 1 saturated heterocycles. The van der Waals surface area contributed by atoms with Gasteiger partial charge in [0.15, 0.2) is 0 Å². The Balaban J connectivity index is 2.26. The molecule has 0 aromatic heterocycles. The van der Waals surface area contributed by atoms with E-state index >= 15 is 0 Å². The van der Waals surface area contributed by atoms with E-state index in [-0.39, 0.29) is 11.2 Å². The Bertz CT molecular complexity index is 465. The number of hydrogen-bond acceptors (Lipinski definition) is 4. The van der Waals surface area contributed by atoms with Gasteiger partial charge in [0.25, 0.3) is 0 Å². The quantitative estimate of drug-likeness (QED) is 0.854. The standard InChI is InChI=1S/C15H20ClNO2S/c1-3-19-14(18)15(9-4-10-20-11(15)2)17-13-7-5-12(16)6-8-13/h5-8,11,17H,3-4,9-10H2,1-2H3. The van der Waals surface area contributed by atoms with Crippen molar-refractivity contribution in [3.63, 3.8) is 0 Å². The molecular weight excluding hydrogens is 294 g/mol. The number of halogens is 1. The molecule has 1 aliphatic heterocycles. The molecule has 110 valence electrons. The van der Waals surface area contributed by atoms with E-state index in [0.29, 0.717) is 11.6 Å². The molecule has 1 heterocycles. The van der Waals surface area contributed by atoms with E-state index in [1.807, 2.05) is 43.0 Å². The molecule has 1 fully saturated rings. The number of nitrogens with one attached hydrogen (secondary N) is 1. The number of anilines is 1. The summed E-state index contributed by atoms with van der Waals surface area (Å²) in [5, 5.41) is 4.26. The summed E-state index contributed by atoms with van der Waals surface area (Å²) in [6, 6.07) is 7.44. The summed E-state index contributed by atoms with van der Waals surface area (Å²) >= 11 is 7.72. The first-order valence-electron chi connectivity index (χ1n) is 6.91. The number of rotatable bonds is 4. The largest absolute Gasteiger partial charge is 0.464 e. The lowest BCUT2D eigenvalue weighted by Crippen LogP contribution is -2.56. The van der Waals surface area contributed by atoms with Crippen molar-refractivity contribution in [2.75, 3.05) is 17.7 Å². The fourth-order valence-electron chi connectivity index (χ4n) is 2.49. The minimum absolute atomic E-state index is 0.158. The molecular formula is C15H20ClNO2S. The molecule has 0 aliphatic carbocycles. The van der Waals surface area contributed by atoms with Crippen LogP contribution in [0.5, 0.6) is 0 Å². The van der Waals surface area contributed by atoms with Crippen LogP contribution in [-0.4, -0.2) is 29.1 Å². The number of esters is 1. The van der Waals surface area contributed by atoms with Crippen molar-refractivity contribution in [1.82, 2.24) is 0 Å². The van der Waals surface area contributed by atoms with Crippen LogP contribution in [0.2, 0.25) is 5.02 Å². The average Bonchev–Trinajstić information content (AvgIpc) is 2.44. The van der Waals surface area contributed by atoms with E-state index in [4.69, 9.17) is 16.3 Å². The fraction of sp³-hybridized carbons (Fsp3) is 0.533. The van der Waals surface area contributed by atoms with Gasteiger partial charge < -0.3 is 10.1 Å². The molecule has 20 heavy (non-hydrogen) atoms. The maximum Gasteiger partial charge on any atom is 0.332 e. The molecule has 1 aromatic carbocycles. The molecule has 0 radical (unpaired) electrons. The van der Waals surface area contributed by atoms with E-state index in [2.05, 4.69) is 12.2 Å². The summed E-state index contributed by atoms with van der Waals surface area (Å²) < 4.78 is 5.31. The summed E-state index contributed by atoms with van der Waals surface area (Å²) in [5.74, 6) is 0.930. The number of carbonyl (C=O) groups is 1. The van der Waals surface area contributed by atoms with Gasteiger partial charge in [-0.1, -0.05) is 18.5 Å². The van der Waals surface area contributed by atoms with Crippen molar-refractivity contribution in [3.05, 3.63) is 29.3 Å². The van der Waals surface area contributed by atoms with Crippen LogP contribution in [0.1, 0.15) is 26.7 Å². The van der Waals surface area contributed by atoms with Crippen LogP contribution in [0, 0.1) is 0 Å². The van der Waals surface area contributed by atoms with E-state index in [1.165, 1.54) is 0 Å². The van der Waals surface area contributed by atoms with Crippen LogP contribution in [0.4, 0.5) is 5.69 Å². The number of carbonyl (C=O) groups excluding carboxylic acids is 1. The molecule has 0 bridgehead atoms. The van der Waals surface area contributed by atoms with Gasteiger partial charge in [0, 0.05) is 16.0 Å².